The van der Waals surface area contributed by atoms with Gasteiger partial charge in [-0.25, -0.2) is 0 Å². The number of primary amides is 1. The molecule has 0 heterocycles. The van der Waals surface area contributed by atoms with Crippen molar-refractivity contribution in [3.8, 4) is 0 Å². The molecule has 0 spiro atoms. The number of fused-ring (bicyclic) bond motifs is 1. The van der Waals surface area contributed by atoms with E-state index in [0.29, 0.717) is 11.3 Å². The number of carbonyl (C=O) groups excluding carboxylic acids is 1. The van der Waals surface area contributed by atoms with Crippen LogP contribution >= 0.6 is 12.2 Å². The van der Waals surface area contributed by atoms with Gasteiger partial charge in [-0.05, 0) is 23.3 Å². The highest BCUT2D eigenvalue weighted by atomic mass is 32.1. The Morgan fingerprint density at radius 1 is 1.38 bits per heavy atom. The second-order valence-corrected chi connectivity index (χ2v) is 4.39. The molecule has 2 rings (SSSR count). The van der Waals surface area contributed by atoms with Gasteiger partial charge in [0.05, 0.1) is 4.86 Å². The van der Waals surface area contributed by atoms with Gasteiger partial charge in [0.2, 0.25) is 0 Å². The normalized spacial score (nSPS) is 13.9. The quantitative estimate of drug-likeness (QED) is 0.776. The first kappa shape index (κ1) is 11.0. The Labute approximate surface area is 99.5 Å². The zero-order valence-electron chi connectivity index (χ0n) is 8.90. The Bertz CT molecular complexity index is 560. The van der Waals surface area contributed by atoms with Crippen LogP contribution in [-0.2, 0) is 4.79 Å². The molecule has 1 aromatic rings. The summed E-state index contributed by atoms with van der Waals surface area (Å²) in [5.41, 5.74) is 6.40. The van der Waals surface area contributed by atoms with Crippen molar-refractivity contribution in [2.45, 2.75) is 19.3 Å². The van der Waals surface area contributed by atoms with Gasteiger partial charge in [0, 0.05) is 6.42 Å². The van der Waals surface area contributed by atoms with Crippen molar-refractivity contribution in [1.82, 2.24) is 0 Å². The van der Waals surface area contributed by atoms with Crippen molar-refractivity contribution in [2.75, 3.05) is 0 Å². The van der Waals surface area contributed by atoms with Gasteiger partial charge in [0.15, 0.2) is 0 Å². The highest BCUT2D eigenvalue weighted by molar-refractivity contribution is 7.82. The van der Waals surface area contributed by atoms with Crippen molar-refractivity contribution in [1.29, 1.82) is 0 Å². The van der Waals surface area contributed by atoms with Crippen LogP contribution in [0.4, 0.5) is 0 Å². The van der Waals surface area contributed by atoms with E-state index in [4.69, 9.17) is 18.0 Å². The van der Waals surface area contributed by atoms with Crippen LogP contribution in [0, 0.1) is 0 Å². The lowest BCUT2D eigenvalue weighted by Crippen LogP contribution is -2.31. The lowest BCUT2D eigenvalue weighted by Gasteiger charge is -2.10. The summed E-state index contributed by atoms with van der Waals surface area (Å²) in [5.74, 6) is -0.477. The number of hydrogen-bond donors (Lipinski definition) is 1. The second kappa shape index (κ2) is 4.58. The third kappa shape index (κ3) is 2.19. The number of hydrogen-bond acceptors (Lipinski definition) is 2. The second-order valence-electron chi connectivity index (χ2n) is 3.90. The minimum absolute atomic E-state index is 0.326. The molecule has 0 unspecified atom stereocenters. The molecule has 1 aliphatic rings. The van der Waals surface area contributed by atoms with Crippen LogP contribution in [0.3, 0.4) is 0 Å². The molecule has 0 fully saturated rings. The van der Waals surface area contributed by atoms with Gasteiger partial charge in [0.25, 0.3) is 5.91 Å². The van der Waals surface area contributed by atoms with Crippen LogP contribution in [0.5, 0.6) is 0 Å². The SMILES string of the molecule is NC(=O)C(=S)CC1=c2ccccc2=CCC1. The highest BCUT2D eigenvalue weighted by Gasteiger charge is 2.10. The van der Waals surface area contributed by atoms with Crippen molar-refractivity contribution >= 4 is 34.6 Å². The molecule has 0 bridgehead atoms. The molecule has 82 valence electrons. The number of benzene rings is 1. The zero-order valence-corrected chi connectivity index (χ0v) is 9.72. The van der Waals surface area contributed by atoms with E-state index in [1.54, 1.807) is 0 Å². The third-order valence-electron chi connectivity index (χ3n) is 2.80. The number of nitrogens with two attached hydrogens (primary N) is 1. The minimum atomic E-state index is -0.477. The Balaban J connectivity index is 2.46. The standard InChI is InChI=1S/C13H13NOS/c14-13(15)12(16)8-10-6-3-5-9-4-1-2-7-11(9)10/h1-2,4-5,7H,3,6,8H2,(H2,14,15). The summed E-state index contributed by atoms with van der Waals surface area (Å²) in [7, 11) is 0. The molecule has 0 atom stereocenters. The minimum Gasteiger partial charge on any atom is -0.365 e. The summed E-state index contributed by atoms with van der Waals surface area (Å²) in [4.78, 5) is 11.3. The van der Waals surface area contributed by atoms with E-state index in [9.17, 15) is 4.79 Å². The summed E-state index contributed by atoms with van der Waals surface area (Å²) in [5, 5.41) is 2.44. The maximum Gasteiger partial charge on any atom is 0.255 e. The first-order chi connectivity index (χ1) is 7.68. The predicted octanol–water partition coefficient (Wildman–Crippen LogP) is 0.657. The summed E-state index contributed by atoms with van der Waals surface area (Å²) in [6.07, 6.45) is 4.71. The Kier molecular flexibility index (Phi) is 3.15. The number of carbonyl (C=O) groups is 1. The summed E-state index contributed by atoms with van der Waals surface area (Å²) in [6.45, 7) is 0. The van der Waals surface area contributed by atoms with Crippen molar-refractivity contribution in [2.24, 2.45) is 5.73 Å². The van der Waals surface area contributed by atoms with E-state index in [0.717, 1.165) is 12.8 Å². The number of rotatable bonds is 3. The topological polar surface area (TPSA) is 43.1 Å². The Morgan fingerprint density at radius 3 is 2.88 bits per heavy atom. The van der Waals surface area contributed by atoms with Gasteiger partial charge in [-0.1, -0.05) is 48.1 Å². The fourth-order valence-electron chi connectivity index (χ4n) is 2.00. The average molecular weight is 231 g/mol. The van der Waals surface area contributed by atoms with E-state index < -0.39 is 5.91 Å². The van der Waals surface area contributed by atoms with Crippen LogP contribution in [0.15, 0.2) is 24.3 Å². The van der Waals surface area contributed by atoms with Crippen LogP contribution in [-0.4, -0.2) is 10.8 Å². The Morgan fingerprint density at radius 2 is 2.12 bits per heavy atom. The average Bonchev–Trinajstić information content (AvgIpc) is 2.29. The highest BCUT2D eigenvalue weighted by Crippen LogP contribution is 2.13. The van der Waals surface area contributed by atoms with Crippen LogP contribution < -0.4 is 16.2 Å². The zero-order chi connectivity index (χ0) is 11.5. The van der Waals surface area contributed by atoms with E-state index in [1.165, 1.54) is 16.0 Å². The molecular formula is C13H13NOS. The summed E-state index contributed by atoms with van der Waals surface area (Å²) >= 11 is 4.98. The van der Waals surface area contributed by atoms with Gasteiger partial charge in [0.1, 0.15) is 0 Å². The molecular weight excluding hydrogens is 218 g/mol. The maximum atomic E-state index is 10.9. The first-order valence-electron chi connectivity index (χ1n) is 5.28. The summed E-state index contributed by atoms with van der Waals surface area (Å²) < 4.78 is 0. The van der Waals surface area contributed by atoms with Gasteiger partial charge in [-0.3, -0.25) is 4.79 Å². The van der Waals surface area contributed by atoms with Gasteiger partial charge in [-0.2, -0.15) is 0 Å². The van der Waals surface area contributed by atoms with Crippen molar-refractivity contribution in [3.05, 3.63) is 34.7 Å². The van der Waals surface area contributed by atoms with Crippen molar-refractivity contribution in [3.63, 3.8) is 0 Å². The molecule has 0 saturated heterocycles. The number of thiocarbonyl (C=S) groups is 1. The summed E-state index contributed by atoms with van der Waals surface area (Å²) in [6, 6.07) is 8.18. The molecule has 0 saturated carbocycles. The lowest BCUT2D eigenvalue weighted by atomic mass is 9.96. The number of amides is 1. The molecule has 1 amide bonds. The molecule has 1 aliphatic carbocycles. The molecule has 1 aromatic carbocycles. The maximum absolute atomic E-state index is 10.9. The molecule has 2 N–H and O–H groups in total. The van der Waals surface area contributed by atoms with Crippen molar-refractivity contribution < 1.29 is 4.79 Å². The largest absolute Gasteiger partial charge is 0.365 e. The van der Waals surface area contributed by atoms with E-state index in [-0.39, 0.29) is 0 Å². The van der Waals surface area contributed by atoms with E-state index >= 15 is 0 Å². The fourth-order valence-corrected chi connectivity index (χ4v) is 2.17. The molecule has 3 heteroatoms. The third-order valence-corrected chi connectivity index (χ3v) is 3.15. The molecule has 2 nitrogen and oxygen atoms in total. The van der Waals surface area contributed by atoms with Gasteiger partial charge >= 0.3 is 0 Å². The predicted molar refractivity (Wildman–Crippen MR) is 69.2 cm³/mol. The monoisotopic (exact) mass is 231 g/mol. The molecule has 0 aromatic heterocycles. The first-order valence-corrected chi connectivity index (χ1v) is 5.69. The molecule has 0 radical (unpaired) electrons. The van der Waals surface area contributed by atoms with Crippen LogP contribution in [0.2, 0.25) is 0 Å². The van der Waals surface area contributed by atoms with Crippen LogP contribution in [0.25, 0.3) is 11.6 Å². The molecule has 0 aliphatic heterocycles. The Hall–Kier alpha value is -1.48. The van der Waals surface area contributed by atoms with Gasteiger partial charge < -0.3 is 5.73 Å². The fraction of sp³-hybridized carbons (Fsp3) is 0.231. The van der Waals surface area contributed by atoms with E-state index in [1.807, 2.05) is 12.1 Å². The smallest absolute Gasteiger partial charge is 0.255 e. The van der Waals surface area contributed by atoms with Crippen LogP contribution in [0.1, 0.15) is 19.3 Å². The van der Waals surface area contributed by atoms with E-state index in [2.05, 4.69) is 18.2 Å². The lowest BCUT2D eigenvalue weighted by molar-refractivity contribution is -0.111. The van der Waals surface area contributed by atoms with Gasteiger partial charge in [-0.15, -0.1) is 0 Å². The molecule has 16 heavy (non-hydrogen) atoms.